The van der Waals surface area contributed by atoms with Crippen molar-refractivity contribution in [3.05, 3.63) is 105 Å². The minimum absolute atomic E-state index is 0.000966. The molecule has 0 bridgehead atoms. The lowest BCUT2D eigenvalue weighted by atomic mass is 10.1. The molecule has 0 spiro atoms. The molecule has 1 aliphatic rings. The summed E-state index contributed by atoms with van der Waals surface area (Å²) in [5.41, 5.74) is 0.540. The molecule has 3 aromatic carbocycles. The minimum atomic E-state index is -3.90. The zero-order valence-electron chi connectivity index (χ0n) is 18.0. The van der Waals surface area contributed by atoms with Crippen molar-refractivity contribution in [2.24, 2.45) is 0 Å². The number of ether oxygens (including phenoxy) is 2. The SMILES string of the molecule is O=c1c(O)c(C2=COC(Cc3ccccc3)O2)oc2ccc(NS(=O)(=O)c3cccc(Br)c3)cc12. The molecule has 178 valence electrons. The molecule has 0 fully saturated rings. The van der Waals surface area contributed by atoms with Crippen LogP contribution in [-0.4, -0.2) is 19.8 Å². The number of anilines is 1. The van der Waals surface area contributed by atoms with Crippen LogP contribution in [0.15, 0.2) is 97.6 Å². The van der Waals surface area contributed by atoms with Gasteiger partial charge >= 0.3 is 0 Å². The van der Waals surface area contributed by atoms with Crippen molar-refractivity contribution in [2.75, 3.05) is 4.72 Å². The van der Waals surface area contributed by atoms with Gasteiger partial charge in [0.25, 0.3) is 10.0 Å². The lowest BCUT2D eigenvalue weighted by molar-refractivity contribution is -0.0145. The Kier molecular flexibility index (Phi) is 6.00. The second-order valence-electron chi connectivity index (χ2n) is 7.74. The number of hydrogen-bond acceptors (Lipinski definition) is 7. The zero-order chi connectivity index (χ0) is 24.6. The van der Waals surface area contributed by atoms with Crippen LogP contribution in [-0.2, 0) is 25.9 Å². The first-order chi connectivity index (χ1) is 16.8. The molecule has 0 amide bonds. The molecular weight excluding hydrogens is 538 g/mol. The van der Waals surface area contributed by atoms with Gasteiger partial charge in [-0.05, 0) is 42.0 Å². The van der Waals surface area contributed by atoms with E-state index < -0.39 is 27.5 Å². The molecule has 0 radical (unpaired) electrons. The first-order valence-corrected chi connectivity index (χ1v) is 12.7. The molecule has 0 saturated carbocycles. The maximum atomic E-state index is 12.9. The summed E-state index contributed by atoms with van der Waals surface area (Å²) in [6.07, 6.45) is 1.11. The van der Waals surface area contributed by atoms with Crippen LogP contribution in [0.5, 0.6) is 5.75 Å². The number of aromatic hydroxyl groups is 1. The van der Waals surface area contributed by atoms with E-state index in [-0.39, 0.29) is 33.1 Å². The van der Waals surface area contributed by atoms with Crippen LogP contribution in [0.25, 0.3) is 16.7 Å². The van der Waals surface area contributed by atoms with Crippen molar-refractivity contribution in [2.45, 2.75) is 17.6 Å². The van der Waals surface area contributed by atoms with Crippen LogP contribution in [0, 0.1) is 0 Å². The number of nitrogens with one attached hydrogen (secondary N) is 1. The average Bonchev–Trinajstić information content (AvgIpc) is 3.30. The van der Waals surface area contributed by atoms with Crippen molar-refractivity contribution in [3.63, 3.8) is 0 Å². The summed E-state index contributed by atoms with van der Waals surface area (Å²) in [5.74, 6) is -0.748. The Hall–Kier alpha value is -3.76. The van der Waals surface area contributed by atoms with Gasteiger partial charge in [0.1, 0.15) is 11.8 Å². The number of hydrogen-bond donors (Lipinski definition) is 2. The highest BCUT2D eigenvalue weighted by atomic mass is 79.9. The normalized spacial score (nSPS) is 15.3. The van der Waals surface area contributed by atoms with Crippen molar-refractivity contribution < 1.29 is 27.4 Å². The molecule has 1 unspecified atom stereocenters. The maximum absolute atomic E-state index is 12.9. The lowest BCUT2D eigenvalue weighted by Gasteiger charge is -2.12. The monoisotopic (exact) mass is 555 g/mol. The summed E-state index contributed by atoms with van der Waals surface area (Å²) < 4.78 is 45.4. The smallest absolute Gasteiger partial charge is 0.261 e. The van der Waals surface area contributed by atoms with Gasteiger partial charge in [-0.25, -0.2) is 8.42 Å². The maximum Gasteiger partial charge on any atom is 0.261 e. The highest BCUT2D eigenvalue weighted by Crippen LogP contribution is 2.33. The fourth-order valence-corrected chi connectivity index (χ4v) is 5.25. The lowest BCUT2D eigenvalue weighted by Crippen LogP contribution is -2.14. The second-order valence-corrected chi connectivity index (χ2v) is 10.3. The molecule has 10 heteroatoms. The van der Waals surface area contributed by atoms with E-state index >= 15 is 0 Å². The molecular formula is C25H18BrNO7S. The summed E-state index contributed by atoms with van der Waals surface area (Å²) in [5, 5.41) is 10.5. The minimum Gasteiger partial charge on any atom is -0.501 e. The van der Waals surface area contributed by atoms with Gasteiger partial charge in [0.2, 0.25) is 29.0 Å². The molecule has 2 heterocycles. The fourth-order valence-electron chi connectivity index (χ4n) is 3.60. The Morgan fingerprint density at radius 1 is 1.00 bits per heavy atom. The van der Waals surface area contributed by atoms with E-state index in [1.165, 1.54) is 36.6 Å². The zero-order valence-corrected chi connectivity index (χ0v) is 20.4. The molecule has 5 rings (SSSR count). The van der Waals surface area contributed by atoms with E-state index in [1.807, 2.05) is 30.3 Å². The van der Waals surface area contributed by atoms with Gasteiger partial charge in [-0.1, -0.05) is 52.3 Å². The molecule has 0 aliphatic carbocycles. The van der Waals surface area contributed by atoms with E-state index in [0.717, 1.165) is 5.56 Å². The van der Waals surface area contributed by atoms with E-state index in [0.29, 0.717) is 10.9 Å². The standard InChI is InChI=1S/C25H18BrNO7S/c26-16-7-4-8-18(12-16)35(30,31)27-17-9-10-20-19(13-17)23(28)24(29)25(34-20)21-14-32-22(33-21)11-15-5-2-1-3-6-15/h1-10,12-14,22,27,29H,11H2. The van der Waals surface area contributed by atoms with Crippen LogP contribution in [0.2, 0.25) is 0 Å². The van der Waals surface area contributed by atoms with Crippen LogP contribution in [0.4, 0.5) is 5.69 Å². The predicted octanol–water partition coefficient (Wildman–Crippen LogP) is 4.98. The average molecular weight is 556 g/mol. The number of benzene rings is 3. The number of halogens is 1. The molecule has 0 saturated heterocycles. The van der Waals surface area contributed by atoms with Crippen LogP contribution >= 0.6 is 15.9 Å². The number of fused-ring (bicyclic) bond motifs is 1. The van der Waals surface area contributed by atoms with Crippen LogP contribution in [0.1, 0.15) is 11.3 Å². The Morgan fingerprint density at radius 2 is 1.80 bits per heavy atom. The summed E-state index contributed by atoms with van der Waals surface area (Å²) in [6.45, 7) is 0. The second kappa shape index (κ2) is 9.12. The van der Waals surface area contributed by atoms with Crippen LogP contribution < -0.4 is 10.2 Å². The molecule has 2 N–H and O–H groups in total. The molecule has 4 aromatic rings. The van der Waals surface area contributed by atoms with Gasteiger partial charge in [-0.2, -0.15) is 0 Å². The highest BCUT2D eigenvalue weighted by molar-refractivity contribution is 9.10. The third-order valence-electron chi connectivity index (χ3n) is 5.28. The Balaban J connectivity index is 1.41. The first kappa shape index (κ1) is 23.0. The number of rotatable bonds is 6. The fraction of sp³-hybridized carbons (Fsp3) is 0.0800. The van der Waals surface area contributed by atoms with Crippen molar-refractivity contribution in [1.29, 1.82) is 0 Å². The Bertz CT molecular complexity index is 1610. The Labute approximate surface area is 208 Å². The van der Waals surface area contributed by atoms with Gasteiger partial charge in [0, 0.05) is 16.6 Å². The predicted molar refractivity (Wildman–Crippen MR) is 133 cm³/mol. The largest absolute Gasteiger partial charge is 0.501 e. The van der Waals surface area contributed by atoms with Crippen molar-refractivity contribution in [3.8, 4) is 5.75 Å². The van der Waals surface area contributed by atoms with E-state index in [9.17, 15) is 18.3 Å². The molecule has 8 nitrogen and oxygen atoms in total. The van der Waals surface area contributed by atoms with E-state index in [1.54, 1.807) is 12.1 Å². The topological polar surface area (TPSA) is 115 Å². The molecule has 1 aliphatic heterocycles. The molecule has 35 heavy (non-hydrogen) atoms. The van der Waals surface area contributed by atoms with Gasteiger partial charge in [-0.3, -0.25) is 9.52 Å². The quantitative estimate of drug-likeness (QED) is 0.345. The van der Waals surface area contributed by atoms with Gasteiger partial charge in [0.05, 0.1) is 10.3 Å². The summed E-state index contributed by atoms with van der Waals surface area (Å²) in [4.78, 5) is 12.9. The summed E-state index contributed by atoms with van der Waals surface area (Å²) in [6, 6.07) is 20.0. The Morgan fingerprint density at radius 3 is 2.57 bits per heavy atom. The molecule has 1 aromatic heterocycles. The van der Waals surface area contributed by atoms with Crippen molar-refractivity contribution in [1.82, 2.24) is 0 Å². The van der Waals surface area contributed by atoms with Crippen molar-refractivity contribution >= 4 is 48.4 Å². The third kappa shape index (κ3) is 4.75. The summed E-state index contributed by atoms with van der Waals surface area (Å²) >= 11 is 3.25. The molecule has 1 atom stereocenters. The van der Waals surface area contributed by atoms with E-state index in [4.69, 9.17) is 13.9 Å². The summed E-state index contributed by atoms with van der Waals surface area (Å²) in [7, 11) is -3.90. The first-order valence-electron chi connectivity index (χ1n) is 10.4. The van der Waals surface area contributed by atoms with E-state index in [2.05, 4.69) is 20.7 Å². The van der Waals surface area contributed by atoms with Gasteiger partial charge < -0.3 is 19.0 Å². The third-order valence-corrected chi connectivity index (χ3v) is 7.15. The van der Waals surface area contributed by atoms with Gasteiger partial charge in [0.15, 0.2) is 0 Å². The van der Waals surface area contributed by atoms with Crippen LogP contribution in [0.3, 0.4) is 0 Å². The van der Waals surface area contributed by atoms with Gasteiger partial charge in [-0.15, -0.1) is 0 Å². The number of sulfonamides is 1. The highest BCUT2D eigenvalue weighted by Gasteiger charge is 2.27.